The summed E-state index contributed by atoms with van der Waals surface area (Å²) in [6.07, 6.45) is 0. The molecular weight excluding hydrogens is 449 g/mol. The summed E-state index contributed by atoms with van der Waals surface area (Å²) in [4.78, 5) is 28.8. The number of carbonyl (C=O) groups excluding carboxylic acids is 2. The first-order valence-electron chi connectivity index (χ1n) is 9.17. The number of esters is 1. The lowest BCUT2D eigenvalue weighted by atomic mass is 10.3. The molecule has 0 radical (unpaired) electrons. The van der Waals surface area contributed by atoms with Gasteiger partial charge in [-0.15, -0.1) is 11.3 Å². The van der Waals surface area contributed by atoms with E-state index in [0.29, 0.717) is 16.5 Å². The third-order valence-corrected chi connectivity index (χ3v) is 5.02. The number of ether oxygens (including phenoxy) is 3. The van der Waals surface area contributed by atoms with Crippen molar-refractivity contribution >= 4 is 28.9 Å². The normalized spacial score (nSPS) is 10.7. The van der Waals surface area contributed by atoms with Crippen LogP contribution in [0.15, 0.2) is 48.5 Å². The maximum absolute atomic E-state index is 12.9. The van der Waals surface area contributed by atoms with Gasteiger partial charge < -0.3 is 19.5 Å². The maximum atomic E-state index is 12.9. The molecule has 1 heterocycles. The summed E-state index contributed by atoms with van der Waals surface area (Å²) in [6, 6.07) is 11.1. The van der Waals surface area contributed by atoms with Gasteiger partial charge in [-0.3, -0.25) is 4.79 Å². The Morgan fingerprint density at radius 3 is 2.56 bits per heavy atom. The number of thiazole rings is 1. The molecule has 2 aromatic carbocycles. The lowest BCUT2D eigenvalue weighted by molar-refractivity contribution is -0.119. The molecule has 0 saturated carbocycles. The lowest BCUT2D eigenvalue weighted by Gasteiger charge is -2.11. The van der Waals surface area contributed by atoms with Crippen molar-refractivity contribution in [3.8, 4) is 11.5 Å². The molecule has 0 aliphatic rings. The van der Waals surface area contributed by atoms with Gasteiger partial charge in [-0.2, -0.15) is 8.78 Å². The van der Waals surface area contributed by atoms with E-state index in [2.05, 4.69) is 15.0 Å². The van der Waals surface area contributed by atoms with Crippen LogP contribution in [-0.4, -0.2) is 30.1 Å². The Bertz CT molecular complexity index is 1090. The second-order valence-corrected chi connectivity index (χ2v) is 7.35. The van der Waals surface area contributed by atoms with E-state index in [1.165, 1.54) is 48.5 Å². The first kappa shape index (κ1) is 23.1. The summed E-state index contributed by atoms with van der Waals surface area (Å²) in [6.45, 7) is -2.03. The number of carbonyl (C=O) groups is 2. The molecule has 1 amide bonds. The van der Waals surface area contributed by atoms with Crippen LogP contribution in [0.25, 0.3) is 0 Å². The Labute approximate surface area is 184 Å². The van der Waals surface area contributed by atoms with Crippen LogP contribution < -0.4 is 14.8 Å². The molecule has 0 spiro atoms. The summed E-state index contributed by atoms with van der Waals surface area (Å²) in [5.74, 6) is -1.66. The highest BCUT2D eigenvalue weighted by Gasteiger charge is 2.19. The predicted molar refractivity (Wildman–Crippen MR) is 110 cm³/mol. The van der Waals surface area contributed by atoms with Gasteiger partial charge in [0.15, 0.2) is 6.61 Å². The number of para-hydroxylation sites is 2. The molecule has 0 atom stereocenters. The van der Waals surface area contributed by atoms with E-state index in [4.69, 9.17) is 9.47 Å². The van der Waals surface area contributed by atoms with E-state index in [9.17, 15) is 22.8 Å². The molecule has 0 bridgehead atoms. The van der Waals surface area contributed by atoms with E-state index < -0.39 is 25.1 Å². The van der Waals surface area contributed by atoms with Gasteiger partial charge in [-0.1, -0.05) is 12.1 Å². The highest BCUT2D eigenvalue weighted by atomic mass is 32.1. The molecule has 0 fully saturated rings. The van der Waals surface area contributed by atoms with Gasteiger partial charge in [-0.05, 0) is 43.3 Å². The number of benzene rings is 2. The Morgan fingerprint density at radius 1 is 1.12 bits per heavy atom. The molecule has 1 aromatic heterocycles. The third kappa shape index (κ3) is 6.45. The smallest absolute Gasteiger partial charge is 0.387 e. The number of hydrogen-bond donors (Lipinski definition) is 1. The lowest BCUT2D eigenvalue weighted by Crippen LogP contribution is -2.21. The van der Waals surface area contributed by atoms with Gasteiger partial charge >= 0.3 is 12.6 Å². The Hall–Kier alpha value is -3.60. The highest BCUT2D eigenvalue weighted by Crippen LogP contribution is 2.25. The summed E-state index contributed by atoms with van der Waals surface area (Å²) in [5.41, 5.74) is 0.414. The average molecular weight is 466 g/mol. The van der Waals surface area contributed by atoms with E-state index in [1.54, 1.807) is 6.92 Å². The minimum Gasteiger partial charge on any atom is -0.486 e. The summed E-state index contributed by atoms with van der Waals surface area (Å²) in [7, 11) is 0. The first-order chi connectivity index (χ1) is 15.3. The van der Waals surface area contributed by atoms with E-state index in [-0.39, 0.29) is 28.7 Å². The molecule has 0 unspecified atom stereocenters. The number of rotatable bonds is 9. The highest BCUT2D eigenvalue weighted by molar-refractivity contribution is 7.13. The van der Waals surface area contributed by atoms with Crippen molar-refractivity contribution in [3.63, 3.8) is 0 Å². The van der Waals surface area contributed by atoms with Crippen LogP contribution in [-0.2, 0) is 16.1 Å². The maximum Gasteiger partial charge on any atom is 0.387 e. The number of anilines is 1. The van der Waals surface area contributed by atoms with Crippen LogP contribution >= 0.6 is 11.3 Å². The van der Waals surface area contributed by atoms with E-state index in [1.807, 2.05) is 0 Å². The van der Waals surface area contributed by atoms with Gasteiger partial charge in [0.05, 0.1) is 11.4 Å². The van der Waals surface area contributed by atoms with Gasteiger partial charge in [0.25, 0.3) is 5.91 Å². The van der Waals surface area contributed by atoms with Crippen molar-refractivity contribution in [1.82, 2.24) is 4.98 Å². The van der Waals surface area contributed by atoms with Crippen LogP contribution in [0, 0.1) is 12.7 Å². The van der Waals surface area contributed by atoms with E-state index in [0.717, 1.165) is 11.3 Å². The predicted octanol–water partition coefficient (Wildman–Crippen LogP) is 4.57. The summed E-state index contributed by atoms with van der Waals surface area (Å²) >= 11 is 1.04. The molecular formula is C21H17F3N2O5S. The second kappa shape index (κ2) is 10.6. The molecule has 0 saturated heterocycles. The minimum absolute atomic E-state index is 0.0167. The van der Waals surface area contributed by atoms with Gasteiger partial charge in [0.2, 0.25) is 0 Å². The monoisotopic (exact) mass is 466 g/mol. The van der Waals surface area contributed by atoms with Crippen molar-refractivity contribution < 1.29 is 37.0 Å². The fraction of sp³-hybridized carbons (Fsp3) is 0.190. The number of aryl methyl sites for hydroxylation is 1. The summed E-state index contributed by atoms with van der Waals surface area (Å²) < 4.78 is 52.7. The molecule has 168 valence electrons. The SMILES string of the molecule is Cc1nc(COc2ccc(F)cc2)sc1C(=O)OCC(=O)Nc1ccccc1OC(F)F. The Morgan fingerprint density at radius 2 is 1.84 bits per heavy atom. The van der Waals surface area contributed by atoms with Crippen LogP contribution in [0.4, 0.5) is 18.9 Å². The molecule has 0 aliphatic carbocycles. The van der Waals surface area contributed by atoms with Crippen LogP contribution in [0.3, 0.4) is 0 Å². The standard InChI is InChI=1S/C21H17F3N2O5S/c1-12-19(32-18(25-12)11-29-14-8-6-13(22)7-9-14)20(28)30-10-17(27)26-15-4-2-3-5-16(15)31-21(23)24/h2-9,21H,10-11H2,1H3,(H,26,27). The van der Waals surface area contributed by atoms with Crippen LogP contribution in [0.2, 0.25) is 0 Å². The Kier molecular flexibility index (Phi) is 7.66. The average Bonchev–Trinajstić information content (AvgIpc) is 3.13. The number of amides is 1. The van der Waals surface area contributed by atoms with Crippen molar-refractivity contribution in [2.75, 3.05) is 11.9 Å². The first-order valence-corrected chi connectivity index (χ1v) is 9.99. The topological polar surface area (TPSA) is 86.8 Å². The number of nitrogens with zero attached hydrogens (tertiary/aromatic N) is 1. The Balaban J connectivity index is 1.53. The largest absolute Gasteiger partial charge is 0.486 e. The van der Waals surface area contributed by atoms with Gasteiger partial charge in [-0.25, -0.2) is 14.2 Å². The van der Waals surface area contributed by atoms with Gasteiger partial charge in [0.1, 0.15) is 33.8 Å². The minimum atomic E-state index is -3.05. The zero-order valence-electron chi connectivity index (χ0n) is 16.6. The van der Waals surface area contributed by atoms with Crippen LogP contribution in [0.1, 0.15) is 20.4 Å². The molecule has 11 heteroatoms. The fourth-order valence-corrected chi connectivity index (χ4v) is 3.40. The molecule has 7 nitrogen and oxygen atoms in total. The molecule has 32 heavy (non-hydrogen) atoms. The summed E-state index contributed by atoms with van der Waals surface area (Å²) in [5, 5.41) is 2.84. The molecule has 1 N–H and O–H groups in total. The van der Waals surface area contributed by atoms with Crippen molar-refractivity contribution in [2.45, 2.75) is 20.1 Å². The van der Waals surface area contributed by atoms with Crippen molar-refractivity contribution in [1.29, 1.82) is 0 Å². The van der Waals surface area contributed by atoms with Crippen molar-refractivity contribution in [2.24, 2.45) is 0 Å². The molecule has 3 aromatic rings. The van der Waals surface area contributed by atoms with Gasteiger partial charge in [0, 0.05) is 0 Å². The second-order valence-electron chi connectivity index (χ2n) is 6.26. The van der Waals surface area contributed by atoms with Crippen LogP contribution in [0.5, 0.6) is 11.5 Å². The fourth-order valence-electron chi connectivity index (χ4n) is 2.53. The quantitative estimate of drug-likeness (QED) is 0.465. The number of alkyl halides is 2. The third-order valence-electron chi connectivity index (χ3n) is 3.91. The van der Waals surface area contributed by atoms with E-state index >= 15 is 0 Å². The number of nitrogens with one attached hydrogen (secondary N) is 1. The number of hydrogen-bond acceptors (Lipinski definition) is 7. The zero-order chi connectivity index (χ0) is 23.1. The molecule has 0 aliphatic heterocycles. The zero-order valence-corrected chi connectivity index (χ0v) is 17.5. The number of aromatic nitrogens is 1. The number of halogens is 3. The molecule has 3 rings (SSSR count). The van der Waals surface area contributed by atoms with Crippen molar-refractivity contribution in [3.05, 3.63) is 69.9 Å².